The number of amides is 1. The average molecular weight is 253 g/mol. The quantitative estimate of drug-likeness (QED) is 0.819. The SMILES string of the molecule is Cc1cc(CO)oc1C(=O)N[C@H](C)CCC(C)C. The summed E-state index contributed by atoms with van der Waals surface area (Å²) in [6.07, 6.45) is 2.04. The molecular weight excluding hydrogens is 230 g/mol. The zero-order chi connectivity index (χ0) is 13.7. The molecule has 1 heterocycles. The molecule has 1 aromatic heterocycles. The van der Waals surface area contributed by atoms with Crippen molar-refractivity contribution in [3.8, 4) is 0 Å². The molecule has 1 amide bonds. The van der Waals surface area contributed by atoms with Crippen LogP contribution in [0.15, 0.2) is 10.5 Å². The first-order chi connectivity index (χ1) is 8.43. The van der Waals surface area contributed by atoms with E-state index in [0.29, 0.717) is 17.4 Å². The smallest absolute Gasteiger partial charge is 0.287 e. The molecule has 0 aromatic carbocycles. The molecule has 1 aromatic rings. The maximum absolute atomic E-state index is 12.0. The van der Waals surface area contributed by atoms with Gasteiger partial charge in [0.15, 0.2) is 5.76 Å². The molecule has 0 fully saturated rings. The highest BCUT2D eigenvalue weighted by Crippen LogP contribution is 2.15. The number of furan rings is 1. The van der Waals surface area contributed by atoms with Gasteiger partial charge in [0.1, 0.15) is 12.4 Å². The van der Waals surface area contributed by atoms with E-state index in [0.717, 1.165) is 18.4 Å². The number of rotatable bonds is 6. The lowest BCUT2D eigenvalue weighted by Crippen LogP contribution is -2.32. The predicted molar refractivity (Wildman–Crippen MR) is 70.4 cm³/mol. The molecule has 0 saturated carbocycles. The Balaban J connectivity index is 2.56. The fourth-order valence-electron chi connectivity index (χ4n) is 1.80. The Morgan fingerprint density at radius 2 is 2.06 bits per heavy atom. The van der Waals surface area contributed by atoms with Crippen molar-refractivity contribution in [2.24, 2.45) is 5.92 Å². The number of aryl methyl sites for hydroxylation is 1. The molecule has 4 heteroatoms. The standard InChI is InChI=1S/C14H23NO3/c1-9(2)5-6-11(4)15-14(17)13-10(3)7-12(8-16)18-13/h7,9,11,16H,5-6,8H2,1-4H3,(H,15,17)/t11-/m1/s1. The molecule has 0 aliphatic carbocycles. The second-order valence-corrected chi connectivity index (χ2v) is 5.23. The first-order valence-corrected chi connectivity index (χ1v) is 6.45. The van der Waals surface area contributed by atoms with Crippen molar-refractivity contribution in [2.45, 2.75) is 53.2 Å². The fourth-order valence-corrected chi connectivity index (χ4v) is 1.80. The van der Waals surface area contributed by atoms with Gasteiger partial charge in [0.25, 0.3) is 5.91 Å². The summed E-state index contributed by atoms with van der Waals surface area (Å²) < 4.78 is 5.29. The maximum Gasteiger partial charge on any atom is 0.287 e. The number of hydrogen-bond acceptors (Lipinski definition) is 3. The number of aliphatic hydroxyl groups is 1. The number of carbonyl (C=O) groups is 1. The van der Waals surface area contributed by atoms with E-state index in [9.17, 15) is 4.79 Å². The minimum atomic E-state index is -0.205. The highest BCUT2D eigenvalue weighted by atomic mass is 16.4. The highest BCUT2D eigenvalue weighted by molar-refractivity contribution is 5.93. The van der Waals surface area contributed by atoms with Gasteiger partial charge in [-0.15, -0.1) is 0 Å². The van der Waals surface area contributed by atoms with Crippen LogP contribution >= 0.6 is 0 Å². The molecule has 18 heavy (non-hydrogen) atoms. The third-order valence-corrected chi connectivity index (χ3v) is 2.89. The van der Waals surface area contributed by atoms with Crippen LogP contribution in [0.4, 0.5) is 0 Å². The van der Waals surface area contributed by atoms with Gasteiger partial charge < -0.3 is 14.8 Å². The predicted octanol–water partition coefficient (Wildman–Crippen LogP) is 2.63. The lowest BCUT2D eigenvalue weighted by Gasteiger charge is -2.14. The summed E-state index contributed by atoms with van der Waals surface area (Å²) in [5.41, 5.74) is 0.757. The zero-order valence-corrected chi connectivity index (χ0v) is 11.6. The summed E-state index contributed by atoms with van der Waals surface area (Å²) >= 11 is 0. The van der Waals surface area contributed by atoms with Gasteiger partial charge in [0, 0.05) is 11.6 Å². The van der Waals surface area contributed by atoms with Gasteiger partial charge in [-0.05, 0) is 38.7 Å². The molecule has 2 N–H and O–H groups in total. The van der Waals surface area contributed by atoms with Gasteiger partial charge in [-0.3, -0.25) is 4.79 Å². The van der Waals surface area contributed by atoms with Crippen LogP contribution in [-0.4, -0.2) is 17.1 Å². The largest absolute Gasteiger partial charge is 0.453 e. The Labute approximate surface area is 108 Å². The fraction of sp³-hybridized carbons (Fsp3) is 0.643. The van der Waals surface area contributed by atoms with Gasteiger partial charge in [0.2, 0.25) is 0 Å². The van der Waals surface area contributed by atoms with Crippen molar-refractivity contribution in [2.75, 3.05) is 0 Å². The van der Waals surface area contributed by atoms with Gasteiger partial charge >= 0.3 is 0 Å². The van der Waals surface area contributed by atoms with E-state index in [1.807, 2.05) is 6.92 Å². The molecule has 0 spiro atoms. The Morgan fingerprint density at radius 3 is 2.56 bits per heavy atom. The van der Waals surface area contributed by atoms with Crippen molar-refractivity contribution >= 4 is 5.91 Å². The van der Waals surface area contributed by atoms with E-state index in [2.05, 4.69) is 19.2 Å². The summed E-state index contributed by atoms with van der Waals surface area (Å²) in [6, 6.07) is 1.82. The Kier molecular flexibility index (Phi) is 5.41. The Morgan fingerprint density at radius 1 is 1.39 bits per heavy atom. The third kappa shape index (κ3) is 4.18. The number of hydrogen-bond donors (Lipinski definition) is 2. The average Bonchev–Trinajstić information content (AvgIpc) is 2.68. The summed E-state index contributed by atoms with van der Waals surface area (Å²) in [5.74, 6) is 1.15. The van der Waals surface area contributed by atoms with Crippen molar-refractivity contribution in [1.29, 1.82) is 0 Å². The van der Waals surface area contributed by atoms with Crippen LogP contribution in [0.5, 0.6) is 0 Å². The molecule has 0 aliphatic rings. The van der Waals surface area contributed by atoms with Crippen molar-refractivity contribution in [3.05, 3.63) is 23.2 Å². The Hall–Kier alpha value is -1.29. The minimum Gasteiger partial charge on any atom is -0.453 e. The first kappa shape index (κ1) is 14.8. The Bertz CT molecular complexity index is 396. The normalized spacial score (nSPS) is 12.8. The molecule has 1 rings (SSSR count). The minimum absolute atomic E-state index is 0.127. The molecule has 0 bridgehead atoms. The van der Waals surface area contributed by atoms with Crippen LogP contribution in [0.1, 0.15) is 55.5 Å². The summed E-state index contributed by atoms with van der Waals surface area (Å²) in [5, 5.41) is 11.9. The van der Waals surface area contributed by atoms with E-state index >= 15 is 0 Å². The monoisotopic (exact) mass is 253 g/mol. The van der Waals surface area contributed by atoms with Crippen LogP contribution in [0.25, 0.3) is 0 Å². The molecule has 0 saturated heterocycles. The number of aliphatic hydroxyl groups excluding tert-OH is 1. The van der Waals surface area contributed by atoms with E-state index in [1.54, 1.807) is 13.0 Å². The molecule has 4 nitrogen and oxygen atoms in total. The molecule has 0 radical (unpaired) electrons. The number of nitrogens with one attached hydrogen (secondary N) is 1. The molecule has 1 atom stereocenters. The van der Waals surface area contributed by atoms with Crippen molar-refractivity contribution < 1.29 is 14.3 Å². The van der Waals surface area contributed by atoms with Crippen LogP contribution in [-0.2, 0) is 6.61 Å². The third-order valence-electron chi connectivity index (χ3n) is 2.89. The van der Waals surface area contributed by atoms with Crippen LogP contribution in [0, 0.1) is 12.8 Å². The van der Waals surface area contributed by atoms with Crippen LogP contribution < -0.4 is 5.32 Å². The molecule has 0 aliphatic heterocycles. The van der Waals surface area contributed by atoms with Crippen molar-refractivity contribution in [3.63, 3.8) is 0 Å². The van der Waals surface area contributed by atoms with Gasteiger partial charge in [-0.25, -0.2) is 0 Å². The lowest BCUT2D eigenvalue weighted by molar-refractivity contribution is 0.0903. The van der Waals surface area contributed by atoms with E-state index in [-0.39, 0.29) is 18.6 Å². The summed E-state index contributed by atoms with van der Waals surface area (Å²) in [4.78, 5) is 12.0. The lowest BCUT2D eigenvalue weighted by atomic mass is 10.0. The second kappa shape index (κ2) is 6.59. The van der Waals surface area contributed by atoms with Gasteiger partial charge in [-0.1, -0.05) is 13.8 Å². The topological polar surface area (TPSA) is 62.5 Å². The van der Waals surface area contributed by atoms with E-state index in [1.165, 1.54) is 0 Å². The summed E-state index contributed by atoms with van der Waals surface area (Å²) in [7, 11) is 0. The highest BCUT2D eigenvalue weighted by Gasteiger charge is 2.17. The van der Waals surface area contributed by atoms with E-state index < -0.39 is 0 Å². The van der Waals surface area contributed by atoms with Crippen molar-refractivity contribution in [1.82, 2.24) is 5.32 Å². The van der Waals surface area contributed by atoms with Gasteiger partial charge in [-0.2, -0.15) is 0 Å². The molecule has 0 unspecified atom stereocenters. The summed E-state index contributed by atoms with van der Waals surface area (Å²) in [6.45, 7) is 7.94. The maximum atomic E-state index is 12.0. The first-order valence-electron chi connectivity index (χ1n) is 6.45. The zero-order valence-electron chi connectivity index (χ0n) is 11.6. The number of carbonyl (C=O) groups excluding carboxylic acids is 1. The molecular formula is C14H23NO3. The second-order valence-electron chi connectivity index (χ2n) is 5.23. The van der Waals surface area contributed by atoms with Crippen LogP contribution in [0.3, 0.4) is 0 Å². The van der Waals surface area contributed by atoms with E-state index in [4.69, 9.17) is 9.52 Å². The molecule has 102 valence electrons. The van der Waals surface area contributed by atoms with Crippen LogP contribution in [0.2, 0.25) is 0 Å². The van der Waals surface area contributed by atoms with Gasteiger partial charge in [0.05, 0.1) is 0 Å².